The number of rotatable bonds is 4. The highest BCUT2D eigenvalue weighted by molar-refractivity contribution is 5.71. The van der Waals surface area contributed by atoms with E-state index in [-0.39, 0.29) is 6.04 Å². The van der Waals surface area contributed by atoms with Gasteiger partial charge in [-0.1, -0.05) is 30.3 Å². The lowest BCUT2D eigenvalue weighted by molar-refractivity contribution is 0.111. The van der Waals surface area contributed by atoms with Crippen molar-refractivity contribution in [1.82, 2.24) is 9.55 Å². The Bertz CT molecular complexity index is 462. The third kappa shape index (κ3) is 2.19. The molecule has 0 aliphatic carbocycles. The van der Waals surface area contributed by atoms with Crippen LogP contribution in [0.3, 0.4) is 0 Å². The predicted octanol–water partition coefficient (Wildman–Crippen LogP) is 2.50. The highest BCUT2D eigenvalue weighted by Gasteiger charge is 2.09. The Morgan fingerprint density at radius 3 is 2.81 bits per heavy atom. The molecule has 0 aliphatic heterocycles. The third-order valence-electron chi connectivity index (χ3n) is 2.67. The minimum Gasteiger partial charge on any atom is -0.325 e. The van der Waals surface area contributed by atoms with Gasteiger partial charge in [-0.05, 0) is 18.9 Å². The molecule has 0 spiro atoms. The normalized spacial score (nSPS) is 12.3. The van der Waals surface area contributed by atoms with Gasteiger partial charge in [0.15, 0.2) is 6.29 Å². The van der Waals surface area contributed by atoms with Crippen molar-refractivity contribution in [2.24, 2.45) is 0 Å². The first-order valence-corrected chi connectivity index (χ1v) is 5.32. The molecule has 2 rings (SSSR count). The molecule has 1 unspecified atom stereocenters. The zero-order chi connectivity index (χ0) is 11.4. The van der Waals surface area contributed by atoms with Crippen LogP contribution in [-0.4, -0.2) is 15.8 Å². The molecular weight excluding hydrogens is 200 g/mol. The van der Waals surface area contributed by atoms with E-state index in [2.05, 4.69) is 24.0 Å². The Hall–Kier alpha value is -1.90. The first kappa shape index (κ1) is 10.6. The second-order valence-electron chi connectivity index (χ2n) is 3.88. The third-order valence-corrected chi connectivity index (χ3v) is 2.67. The summed E-state index contributed by atoms with van der Waals surface area (Å²) in [5, 5.41) is 0. The number of hydrogen-bond donors (Lipinski definition) is 0. The molecular formula is C13H14N2O. The maximum atomic E-state index is 10.8. The van der Waals surface area contributed by atoms with E-state index < -0.39 is 0 Å². The fourth-order valence-electron chi connectivity index (χ4n) is 1.83. The average molecular weight is 214 g/mol. The molecule has 0 bridgehead atoms. The average Bonchev–Trinajstić information content (AvgIpc) is 2.78. The molecule has 0 saturated heterocycles. The Labute approximate surface area is 94.7 Å². The molecule has 1 atom stereocenters. The first-order valence-electron chi connectivity index (χ1n) is 5.32. The number of nitrogens with zero attached hydrogens (tertiary/aromatic N) is 2. The van der Waals surface area contributed by atoms with E-state index in [1.54, 1.807) is 12.5 Å². The minimum absolute atomic E-state index is 0.241. The maximum absolute atomic E-state index is 10.8. The standard InChI is InChI=1S/C13H14N2O/c1-11(7-12-5-3-2-4-6-12)15-10-14-8-13(15)9-16/h2-6,8-11H,7H2,1H3. The largest absolute Gasteiger partial charge is 0.325 e. The fourth-order valence-corrected chi connectivity index (χ4v) is 1.83. The van der Waals surface area contributed by atoms with Crippen LogP contribution in [0.1, 0.15) is 29.0 Å². The molecule has 0 fully saturated rings. The Kier molecular flexibility index (Phi) is 3.15. The summed E-state index contributed by atoms with van der Waals surface area (Å²) in [5.74, 6) is 0. The second-order valence-corrected chi connectivity index (χ2v) is 3.88. The van der Waals surface area contributed by atoms with E-state index in [0.29, 0.717) is 5.69 Å². The van der Waals surface area contributed by atoms with Crippen molar-refractivity contribution < 1.29 is 4.79 Å². The molecule has 16 heavy (non-hydrogen) atoms. The number of hydrogen-bond acceptors (Lipinski definition) is 2. The van der Waals surface area contributed by atoms with Gasteiger partial charge in [0.05, 0.1) is 12.5 Å². The van der Waals surface area contributed by atoms with Crippen LogP contribution in [0.25, 0.3) is 0 Å². The SMILES string of the molecule is CC(Cc1ccccc1)n1cncc1C=O. The van der Waals surface area contributed by atoms with E-state index in [9.17, 15) is 4.79 Å². The van der Waals surface area contributed by atoms with Crippen LogP contribution in [0.15, 0.2) is 42.9 Å². The summed E-state index contributed by atoms with van der Waals surface area (Å²) in [7, 11) is 0. The number of benzene rings is 1. The Balaban J connectivity index is 2.14. The van der Waals surface area contributed by atoms with E-state index in [0.717, 1.165) is 12.7 Å². The van der Waals surface area contributed by atoms with Crippen molar-refractivity contribution in [3.05, 3.63) is 54.1 Å². The van der Waals surface area contributed by atoms with Gasteiger partial charge >= 0.3 is 0 Å². The van der Waals surface area contributed by atoms with Gasteiger partial charge in [-0.25, -0.2) is 4.98 Å². The van der Waals surface area contributed by atoms with E-state index >= 15 is 0 Å². The highest BCUT2D eigenvalue weighted by atomic mass is 16.1. The van der Waals surface area contributed by atoms with Crippen LogP contribution in [0.2, 0.25) is 0 Å². The zero-order valence-electron chi connectivity index (χ0n) is 9.21. The quantitative estimate of drug-likeness (QED) is 0.733. The lowest BCUT2D eigenvalue weighted by Crippen LogP contribution is -2.09. The molecule has 1 aromatic carbocycles. The van der Waals surface area contributed by atoms with Crippen molar-refractivity contribution in [2.45, 2.75) is 19.4 Å². The summed E-state index contributed by atoms with van der Waals surface area (Å²) in [4.78, 5) is 14.8. The number of aromatic nitrogens is 2. The van der Waals surface area contributed by atoms with Gasteiger partial charge in [-0.15, -0.1) is 0 Å². The molecule has 0 radical (unpaired) electrons. The lowest BCUT2D eigenvalue weighted by atomic mass is 10.1. The zero-order valence-corrected chi connectivity index (χ0v) is 9.21. The molecule has 3 nitrogen and oxygen atoms in total. The highest BCUT2D eigenvalue weighted by Crippen LogP contribution is 2.14. The van der Waals surface area contributed by atoms with Crippen LogP contribution in [0, 0.1) is 0 Å². The first-order chi connectivity index (χ1) is 7.81. The van der Waals surface area contributed by atoms with Crippen molar-refractivity contribution >= 4 is 6.29 Å². The van der Waals surface area contributed by atoms with E-state index in [4.69, 9.17) is 0 Å². The maximum Gasteiger partial charge on any atom is 0.168 e. The van der Waals surface area contributed by atoms with E-state index in [1.165, 1.54) is 5.56 Å². The molecule has 0 saturated carbocycles. The van der Waals surface area contributed by atoms with Gasteiger partial charge in [0.2, 0.25) is 0 Å². The van der Waals surface area contributed by atoms with Gasteiger partial charge in [0.25, 0.3) is 0 Å². The summed E-state index contributed by atoms with van der Waals surface area (Å²) in [6, 6.07) is 10.5. The number of carbonyl (C=O) groups excluding carboxylic acids is 1. The van der Waals surface area contributed by atoms with Crippen LogP contribution in [0.5, 0.6) is 0 Å². The number of aldehydes is 1. The van der Waals surface area contributed by atoms with Crippen molar-refractivity contribution in [3.8, 4) is 0 Å². The Morgan fingerprint density at radius 1 is 1.38 bits per heavy atom. The summed E-state index contributed by atoms with van der Waals surface area (Å²) in [6.45, 7) is 2.08. The molecule has 0 aliphatic rings. The van der Waals surface area contributed by atoms with Crippen LogP contribution >= 0.6 is 0 Å². The van der Waals surface area contributed by atoms with Gasteiger partial charge in [0, 0.05) is 6.04 Å². The van der Waals surface area contributed by atoms with Crippen LogP contribution < -0.4 is 0 Å². The molecule has 1 heterocycles. The predicted molar refractivity (Wildman–Crippen MR) is 62.5 cm³/mol. The van der Waals surface area contributed by atoms with Crippen molar-refractivity contribution in [2.75, 3.05) is 0 Å². The minimum atomic E-state index is 0.241. The monoisotopic (exact) mass is 214 g/mol. The number of carbonyl (C=O) groups is 1. The Morgan fingerprint density at radius 2 is 2.12 bits per heavy atom. The topological polar surface area (TPSA) is 34.9 Å². The van der Waals surface area contributed by atoms with E-state index in [1.807, 2.05) is 22.8 Å². The second kappa shape index (κ2) is 4.75. The lowest BCUT2D eigenvalue weighted by Gasteiger charge is -2.14. The number of imidazole rings is 1. The molecule has 0 N–H and O–H groups in total. The summed E-state index contributed by atoms with van der Waals surface area (Å²) in [5.41, 5.74) is 1.89. The van der Waals surface area contributed by atoms with Crippen LogP contribution in [-0.2, 0) is 6.42 Å². The van der Waals surface area contributed by atoms with Crippen molar-refractivity contribution in [1.29, 1.82) is 0 Å². The van der Waals surface area contributed by atoms with Gasteiger partial charge in [0.1, 0.15) is 5.69 Å². The summed E-state index contributed by atoms with van der Waals surface area (Å²) < 4.78 is 1.90. The van der Waals surface area contributed by atoms with Gasteiger partial charge in [-0.3, -0.25) is 4.79 Å². The van der Waals surface area contributed by atoms with Crippen molar-refractivity contribution in [3.63, 3.8) is 0 Å². The van der Waals surface area contributed by atoms with Gasteiger partial charge in [-0.2, -0.15) is 0 Å². The fraction of sp³-hybridized carbons (Fsp3) is 0.231. The van der Waals surface area contributed by atoms with Gasteiger partial charge < -0.3 is 4.57 Å². The molecule has 1 aromatic heterocycles. The smallest absolute Gasteiger partial charge is 0.168 e. The molecule has 3 heteroatoms. The molecule has 0 amide bonds. The summed E-state index contributed by atoms with van der Waals surface area (Å²) in [6.07, 6.45) is 5.04. The molecule has 82 valence electrons. The van der Waals surface area contributed by atoms with Crippen LogP contribution in [0.4, 0.5) is 0 Å². The summed E-state index contributed by atoms with van der Waals surface area (Å²) >= 11 is 0. The molecule has 2 aromatic rings.